The highest BCUT2D eigenvalue weighted by molar-refractivity contribution is 9.09. The molecule has 0 atom stereocenters. The zero-order valence-corrected chi connectivity index (χ0v) is 13.1. The predicted molar refractivity (Wildman–Crippen MR) is 85.6 cm³/mol. The van der Waals surface area contributed by atoms with Gasteiger partial charge in [-0.15, -0.1) is 0 Å². The first-order valence-corrected chi connectivity index (χ1v) is 7.75. The molecule has 0 heterocycles. The molecule has 0 saturated heterocycles. The largest absolute Gasteiger partial charge is 0.497 e. The number of ether oxygens (including phenoxy) is 1. The Balaban J connectivity index is 2.07. The van der Waals surface area contributed by atoms with Crippen LogP contribution >= 0.6 is 15.9 Å². The summed E-state index contributed by atoms with van der Waals surface area (Å²) in [7, 11) is 1.68. The summed E-state index contributed by atoms with van der Waals surface area (Å²) in [6.07, 6.45) is 1.86. The SMILES string of the molecule is COc1ccc2cccc(CCCNC(=O)CBr)c2c1. The van der Waals surface area contributed by atoms with E-state index in [2.05, 4.69) is 51.6 Å². The van der Waals surface area contributed by atoms with Gasteiger partial charge in [0.25, 0.3) is 0 Å². The Morgan fingerprint density at radius 2 is 2.15 bits per heavy atom. The molecular weight excluding hydrogens is 318 g/mol. The third-order valence-corrected chi connectivity index (χ3v) is 3.76. The van der Waals surface area contributed by atoms with E-state index in [4.69, 9.17) is 4.74 Å². The van der Waals surface area contributed by atoms with E-state index in [0.717, 1.165) is 18.6 Å². The van der Waals surface area contributed by atoms with Crippen LogP contribution in [0.25, 0.3) is 10.8 Å². The molecule has 0 radical (unpaired) electrons. The van der Waals surface area contributed by atoms with Crippen molar-refractivity contribution in [2.75, 3.05) is 19.0 Å². The summed E-state index contributed by atoms with van der Waals surface area (Å²) in [5, 5.41) is 5.66. The fourth-order valence-corrected chi connectivity index (χ4v) is 2.41. The molecule has 106 valence electrons. The quantitative estimate of drug-likeness (QED) is 0.649. The van der Waals surface area contributed by atoms with Gasteiger partial charge in [0, 0.05) is 6.54 Å². The molecule has 1 amide bonds. The second kappa shape index (κ2) is 7.29. The van der Waals surface area contributed by atoms with Crippen LogP contribution in [0, 0.1) is 0 Å². The molecule has 0 spiro atoms. The second-order valence-electron chi connectivity index (χ2n) is 4.59. The minimum Gasteiger partial charge on any atom is -0.497 e. The Labute approximate surface area is 127 Å². The number of carbonyl (C=O) groups excluding carboxylic acids is 1. The first-order valence-electron chi connectivity index (χ1n) is 6.63. The first-order chi connectivity index (χ1) is 9.74. The van der Waals surface area contributed by atoms with Gasteiger partial charge in [0.05, 0.1) is 12.4 Å². The monoisotopic (exact) mass is 335 g/mol. The zero-order chi connectivity index (χ0) is 14.4. The topological polar surface area (TPSA) is 38.3 Å². The van der Waals surface area contributed by atoms with Crippen LogP contribution in [0.5, 0.6) is 5.75 Å². The number of methoxy groups -OCH3 is 1. The minimum absolute atomic E-state index is 0.0320. The van der Waals surface area contributed by atoms with E-state index >= 15 is 0 Å². The van der Waals surface area contributed by atoms with E-state index in [1.54, 1.807) is 7.11 Å². The van der Waals surface area contributed by atoms with E-state index in [0.29, 0.717) is 11.9 Å². The molecule has 20 heavy (non-hydrogen) atoms. The summed E-state index contributed by atoms with van der Waals surface area (Å²) in [4.78, 5) is 11.1. The van der Waals surface area contributed by atoms with Crippen molar-refractivity contribution in [1.29, 1.82) is 0 Å². The molecular formula is C16H18BrNO2. The van der Waals surface area contributed by atoms with Gasteiger partial charge in [0.2, 0.25) is 5.91 Å². The lowest BCUT2D eigenvalue weighted by Gasteiger charge is -2.09. The number of rotatable bonds is 6. The van der Waals surface area contributed by atoms with Gasteiger partial charge in [-0.25, -0.2) is 0 Å². The van der Waals surface area contributed by atoms with Gasteiger partial charge >= 0.3 is 0 Å². The number of benzene rings is 2. The van der Waals surface area contributed by atoms with Gasteiger partial charge in [-0.05, 0) is 41.3 Å². The number of fused-ring (bicyclic) bond motifs is 1. The fourth-order valence-electron chi connectivity index (χ4n) is 2.22. The van der Waals surface area contributed by atoms with E-state index in [1.165, 1.54) is 16.3 Å². The van der Waals surface area contributed by atoms with Crippen LogP contribution < -0.4 is 10.1 Å². The van der Waals surface area contributed by atoms with Crippen molar-refractivity contribution in [2.45, 2.75) is 12.8 Å². The van der Waals surface area contributed by atoms with Crippen LogP contribution in [0.15, 0.2) is 36.4 Å². The molecule has 0 fully saturated rings. The number of nitrogens with one attached hydrogen (secondary N) is 1. The van der Waals surface area contributed by atoms with Gasteiger partial charge in [-0.1, -0.05) is 40.2 Å². The lowest BCUT2D eigenvalue weighted by Crippen LogP contribution is -2.25. The van der Waals surface area contributed by atoms with E-state index in [9.17, 15) is 4.79 Å². The average molecular weight is 336 g/mol. The van der Waals surface area contributed by atoms with Gasteiger partial charge in [-0.2, -0.15) is 0 Å². The Morgan fingerprint density at radius 1 is 1.30 bits per heavy atom. The highest BCUT2D eigenvalue weighted by Crippen LogP contribution is 2.24. The molecule has 0 aromatic heterocycles. The van der Waals surface area contributed by atoms with Gasteiger partial charge in [0.1, 0.15) is 5.75 Å². The average Bonchev–Trinajstić information content (AvgIpc) is 2.50. The van der Waals surface area contributed by atoms with Gasteiger partial charge in [-0.3, -0.25) is 4.79 Å². The summed E-state index contributed by atoms with van der Waals surface area (Å²) in [6, 6.07) is 12.4. The lowest BCUT2D eigenvalue weighted by molar-refractivity contribution is -0.118. The molecule has 0 aliphatic heterocycles. The standard InChI is InChI=1S/C16H18BrNO2/c1-20-14-8-7-13-5-2-4-12(15(13)10-14)6-3-9-18-16(19)11-17/h2,4-5,7-8,10H,3,6,9,11H2,1H3,(H,18,19). The van der Waals surface area contributed by atoms with Crippen molar-refractivity contribution in [3.63, 3.8) is 0 Å². The summed E-state index contributed by atoms with van der Waals surface area (Å²) in [6.45, 7) is 0.699. The molecule has 4 heteroatoms. The summed E-state index contributed by atoms with van der Waals surface area (Å²) < 4.78 is 5.29. The maximum absolute atomic E-state index is 11.1. The Kier molecular flexibility index (Phi) is 5.41. The number of hydrogen-bond acceptors (Lipinski definition) is 2. The second-order valence-corrected chi connectivity index (χ2v) is 5.15. The normalized spacial score (nSPS) is 10.5. The van der Waals surface area contributed by atoms with Gasteiger partial charge < -0.3 is 10.1 Å². The highest BCUT2D eigenvalue weighted by Gasteiger charge is 2.03. The molecule has 2 aromatic rings. The van der Waals surface area contributed by atoms with Gasteiger partial charge in [0.15, 0.2) is 0 Å². The number of halogens is 1. The maximum Gasteiger partial charge on any atom is 0.230 e. The number of hydrogen-bond donors (Lipinski definition) is 1. The van der Waals surface area contributed by atoms with E-state index in [-0.39, 0.29) is 5.91 Å². The third kappa shape index (κ3) is 3.73. The smallest absolute Gasteiger partial charge is 0.230 e. The number of carbonyl (C=O) groups is 1. The zero-order valence-electron chi connectivity index (χ0n) is 11.5. The molecule has 0 unspecified atom stereocenters. The van der Waals surface area contributed by atoms with Crippen molar-refractivity contribution in [3.8, 4) is 5.75 Å². The molecule has 2 aromatic carbocycles. The van der Waals surface area contributed by atoms with E-state index < -0.39 is 0 Å². The van der Waals surface area contributed by atoms with Crippen LogP contribution in [0.4, 0.5) is 0 Å². The summed E-state index contributed by atoms with van der Waals surface area (Å²) in [5.41, 5.74) is 1.29. The number of aryl methyl sites for hydroxylation is 1. The van der Waals surface area contributed by atoms with Crippen molar-refractivity contribution < 1.29 is 9.53 Å². The first kappa shape index (κ1) is 14.9. The van der Waals surface area contributed by atoms with Crippen molar-refractivity contribution in [3.05, 3.63) is 42.0 Å². The van der Waals surface area contributed by atoms with Crippen molar-refractivity contribution in [2.24, 2.45) is 0 Å². The van der Waals surface area contributed by atoms with Crippen LogP contribution in [0.3, 0.4) is 0 Å². The third-order valence-electron chi connectivity index (χ3n) is 3.25. The number of alkyl halides is 1. The summed E-state index contributed by atoms with van der Waals surface area (Å²) >= 11 is 3.13. The summed E-state index contributed by atoms with van der Waals surface area (Å²) in [5.74, 6) is 0.905. The van der Waals surface area contributed by atoms with Crippen LogP contribution in [0.1, 0.15) is 12.0 Å². The van der Waals surface area contributed by atoms with Crippen molar-refractivity contribution >= 4 is 32.6 Å². The molecule has 3 nitrogen and oxygen atoms in total. The highest BCUT2D eigenvalue weighted by atomic mass is 79.9. The van der Waals surface area contributed by atoms with Crippen LogP contribution in [-0.2, 0) is 11.2 Å². The molecule has 0 saturated carbocycles. The molecule has 2 rings (SSSR count). The lowest BCUT2D eigenvalue weighted by atomic mass is 10.0. The maximum atomic E-state index is 11.1. The Morgan fingerprint density at radius 3 is 2.90 bits per heavy atom. The van der Waals surface area contributed by atoms with E-state index in [1.807, 2.05) is 6.07 Å². The van der Waals surface area contributed by atoms with Crippen LogP contribution in [-0.4, -0.2) is 24.9 Å². The van der Waals surface area contributed by atoms with Crippen molar-refractivity contribution in [1.82, 2.24) is 5.32 Å². The molecule has 1 N–H and O–H groups in total. The van der Waals surface area contributed by atoms with Crippen LogP contribution in [0.2, 0.25) is 0 Å². The number of amides is 1. The minimum atomic E-state index is 0.0320. The molecule has 0 aliphatic carbocycles. The molecule has 0 aliphatic rings. The fraction of sp³-hybridized carbons (Fsp3) is 0.312. The predicted octanol–water partition coefficient (Wildman–Crippen LogP) is 3.29. The Hall–Kier alpha value is -1.55. The molecule has 0 bridgehead atoms. The Bertz CT molecular complexity index is 598.